The highest BCUT2D eigenvalue weighted by Gasteiger charge is 2.60. The minimum absolute atomic E-state index is 0.183. The van der Waals surface area contributed by atoms with Crippen LogP contribution in [0.1, 0.15) is 44.1 Å². The summed E-state index contributed by atoms with van der Waals surface area (Å²) in [6, 6.07) is 8.75. The van der Waals surface area contributed by atoms with Crippen LogP contribution in [0, 0.1) is 17.3 Å². The molecule has 5 nitrogen and oxygen atoms in total. The summed E-state index contributed by atoms with van der Waals surface area (Å²) in [6.07, 6.45) is -0.959. The Labute approximate surface area is 179 Å². The molecule has 9 heteroatoms. The second-order valence-corrected chi connectivity index (χ2v) is 11.0. The number of esters is 1. The van der Waals surface area contributed by atoms with Crippen LogP contribution in [0.25, 0.3) is 0 Å². The van der Waals surface area contributed by atoms with Crippen molar-refractivity contribution in [3.05, 3.63) is 48.0 Å². The van der Waals surface area contributed by atoms with Crippen molar-refractivity contribution in [3.8, 4) is 0 Å². The normalized spacial score (nSPS) is 32.1. The molecule has 4 aliphatic rings. The molecule has 31 heavy (non-hydrogen) atoms. The van der Waals surface area contributed by atoms with Gasteiger partial charge in [-0.25, -0.2) is 4.79 Å². The monoisotopic (exact) mass is 458 g/mol. The van der Waals surface area contributed by atoms with Gasteiger partial charge in [0, 0.05) is 5.41 Å². The smallest absolute Gasteiger partial charge is 0.422 e. The molecule has 1 aromatic carbocycles. The van der Waals surface area contributed by atoms with Crippen LogP contribution in [0.15, 0.2) is 42.5 Å². The Morgan fingerprint density at radius 2 is 1.71 bits per heavy atom. The molecule has 0 amide bonds. The maximum absolute atomic E-state index is 12.8. The first-order chi connectivity index (χ1) is 14.4. The van der Waals surface area contributed by atoms with Crippen molar-refractivity contribution in [1.29, 1.82) is 0 Å². The van der Waals surface area contributed by atoms with Crippen molar-refractivity contribution >= 4 is 16.1 Å². The fraction of sp³-hybridized carbons (Fsp3) is 0.591. The second kappa shape index (κ2) is 7.62. The maximum atomic E-state index is 12.8. The first-order valence-corrected chi connectivity index (χ1v) is 11.9. The molecule has 0 aliphatic heterocycles. The largest absolute Gasteiger partial charge is 0.462 e. The van der Waals surface area contributed by atoms with Crippen LogP contribution in [-0.4, -0.2) is 32.8 Å². The second-order valence-electron chi connectivity index (χ2n) is 9.47. The average Bonchev–Trinajstić information content (AvgIpc) is 2.63. The van der Waals surface area contributed by atoms with Crippen LogP contribution >= 0.6 is 0 Å². The average molecular weight is 458 g/mol. The summed E-state index contributed by atoms with van der Waals surface area (Å²) in [5.41, 5.74) is -2.35. The van der Waals surface area contributed by atoms with Crippen molar-refractivity contribution in [2.24, 2.45) is 17.3 Å². The SMILES string of the molecule is C=C(C(=O)OCC12CC3CC(C1)CC(OS(=O)(=O)Cc1ccccc1)(C3)C2)C(F)(F)F. The van der Waals surface area contributed by atoms with Gasteiger partial charge in [-0.1, -0.05) is 36.9 Å². The van der Waals surface area contributed by atoms with E-state index in [0.717, 1.165) is 6.42 Å². The van der Waals surface area contributed by atoms with E-state index in [1.165, 1.54) is 0 Å². The summed E-state index contributed by atoms with van der Waals surface area (Å²) < 4.78 is 74.6. The van der Waals surface area contributed by atoms with E-state index in [-0.39, 0.29) is 24.2 Å². The Morgan fingerprint density at radius 1 is 1.10 bits per heavy atom. The Balaban J connectivity index is 1.48. The molecule has 0 N–H and O–H groups in total. The van der Waals surface area contributed by atoms with Gasteiger partial charge in [0.2, 0.25) is 0 Å². The van der Waals surface area contributed by atoms with E-state index in [0.29, 0.717) is 37.7 Å². The third-order valence-corrected chi connectivity index (χ3v) is 8.01. The molecule has 0 aromatic heterocycles. The lowest BCUT2D eigenvalue weighted by molar-refractivity contribution is -0.179. The third kappa shape index (κ3) is 4.82. The molecule has 0 radical (unpaired) electrons. The number of carbonyl (C=O) groups is 1. The number of alkyl halides is 3. The molecule has 0 spiro atoms. The van der Waals surface area contributed by atoms with Gasteiger partial charge < -0.3 is 4.74 Å². The predicted molar refractivity (Wildman–Crippen MR) is 106 cm³/mol. The quantitative estimate of drug-likeness (QED) is 0.341. The van der Waals surface area contributed by atoms with E-state index in [2.05, 4.69) is 6.58 Å². The predicted octanol–water partition coefficient (Wildman–Crippen LogP) is 4.53. The number of carbonyl (C=O) groups excluding carboxylic acids is 1. The molecule has 0 heterocycles. The summed E-state index contributed by atoms with van der Waals surface area (Å²) in [4.78, 5) is 11.8. The fourth-order valence-corrected chi connectivity index (χ4v) is 7.52. The zero-order chi connectivity index (χ0) is 22.5. The molecule has 4 bridgehead atoms. The molecule has 4 aliphatic carbocycles. The zero-order valence-electron chi connectivity index (χ0n) is 17.0. The molecular formula is C22H25F3O5S. The van der Waals surface area contributed by atoms with Gasteiger partial charge >= 0.3 is 12.1 Å². The van der Waals surface area contributed by atoms with Gasteiger partial charge in [-0.2, -0.15) is 21.6 Å². The lowest BCUT2D eigenvalue weighted by Gasteiger charge is -2.60. The topological polar surface area (TPSA) is 69.7 Å². The van der Waals surface area contributed by atoms with Crippen molar-refractivity contribution in [3.63, 3.8) is 0 Å². The van der Waals surface area contributed by atoms with E-state index in [9.17, 15) is 26.4 Å². The lowest BCUT2D eigenvalue weighted by atomic mass is 9.48. The van der Waals surface area contributed by atoms with Crippen LogP contribution in [0.4, 0.5) is 13.2 Å². The molecule has 4 fully saturated rings. The molecule has 2 unspecified atom stereocenters. The van der Waals surface area contributed by atoms with E-state index < -0.39 is 38.9 Å². The molecule has 5 rings (SSSR count). The molecule has 2 atom stereocenters. The summed E-state index contributed by atoms with van der Waals surface area (Å²) in [5, 5.41) is 0. The standard InChI is InChI=1S/C22H25F3O5S/c1-15(22(23,24)25)19(26)29-14-20-8-17-7-18(9-20)11-21(10-17,13-20)30-31(27,28)12-16-5-3-2-4-6-16/h2-6,17-18H,1,7-14H2. The summed E-state index contributed by atoms with van der Waals surface area (Å²) >= 11 is 0. The Morgan fingerprint density at radius 3 is 2.29 bits per heavy atom. The first kappa shape index (κ1) is 22.3. The van der Waals surface area contributed by atoms with Crippen LogP contribution in [-0.2, 0) is 29.6 Å². The molecule has 1 aromatic rings. The van der Waals surface area contributed by atoms with Crippen LogP contribution in [0.3, 0.4) is 0 Å². The molecular weight excluding hydrogens is 433 g/mol. The van der Waals surface area contributed by atoms with Gasteiger partial charge in [-0.3, -0.25) is 4.18 Å². The van der Waals surface area contributed by atoms with Gasteiger partial charge in [-0.05, 0) is 55.9 Å². The van der Waals surface area contributed by atoms with Crippen molar-refractivity contribution < 1.29 is 35.3 Å². The van der Waals surface area contributed by atoms with Gasteiger partial charge in [0.15, 0.2) is 0 Å². The number of rotatable bonds is 7. The van der Waals surface area contributed by atoms with Crippen LogP contribution in [0.5, 0.6) is 0 Å². The van der Waals surface area contributed by atoms with E-state index in [1.807, 2.05) is 0 Å². The summed E-state index contributed by atoms with van der Waals surface area (Å²) in [6.45, 7) is 2.61. The zero-order valence-corrected chi connectivity index (χ0v) is 17.8. The minimum atomic E-state index is -4.84. The number of hydrogen-bond donors (Lipinski definition) is 0. The van der Waals surface area contributed by atoms with Crippen LogP contribution in [0.2, 0.25) is 0 Å². The Bertz CT molecular complexity index is 957. The number of halogens is 3. The van der Waals surface area contributed by atoms with Gasteiger partial charge in [0.25, 0.3) is 10.1 Å². The Kier molecular flexibility index (Phi) is 5.49. The molecule has 0 saturated heterocycles. The lowest BCUT2D eigenvalue weighted by Crippen LogP contribution is -2.58. The van der Waals surface area contributed by atoms with Gasteiger partial charge in [-0.15, -0.1) is 0 Å². The summed E-state index contributed by atoms with van der Waals surface area (Å²) in [7, 11) is -3.86. The van der Waals surface area contributed by atoms with E-state index >= 15 is 0 Å². The number of ether oxygens (including phenoxy) is 1. The van der Waals surface area contributed by atoms with Gasteiger partial charge in [0.05, 0.1) is 12.2 Å². The highest BCUT2D eigenvalue weighted by Crippen LogP contribution is 2.63. The first-order valence-electron chi connectivity index (χ1n) is 10.3. The highest BCUT2D eigenvalue weighted by molar-refractivity contribution is 7.85. The van der Waals surface area contributed by atoms with E-state index in [1.54, 1.807) is 30.3 Å². The van der Waals surface area contributed by atoms with Crippen molar-refractivity contribution in [2.75, 3.05) is 6.61 Å². The maximum Gasteiger partial charge on any atom is 0.422 e. The van der Waals surface area contributed by atoms with E-state index in [4.69, 9.17) is 8.92 Å². The number of benzene rings is 1. The van der Waals surface area contributed by atoms with Crippen LogP contribution < -0.4 is 0 Å². The van der Waals surface area contributed by atoms with Crippen molar-refractivity contribution in [1.82, 2.24) is 0 Å². The third-order valence-electron chi connectivity index (χ3n) is 6.72. The van der Waals surface area contributed by atoms with Crippen molar-refractivity contribution in [2.45, 2.75) is 56.1 Å². The van der Waals surface area contributed by atoms with Gasteiger partial charge in [0.1, 0.15) is 11.3 Å². The summed E-state index contributed by atoms with van der Waals surface area (Å²) in [5.74, 6) is -1.30. The number of hydrogen-bond acceptors (Lipinski definition) is 5. The highest BCUT2D eigenvalue weighted by atomic mass is 32.2. The molecule has 170 valence electrons. The molecule has 4 saturated carbocycles. The fourth-order valence-electron chi connectivity index (χ4n) is 6.13. The Hall–Kier alpha value is -1.87. The minimum Gasteiger partial charge on any atom is -0.462 e.